The number of fused-ring (bicyclic) bond motifs is 1. The lowest BCUT2D eigenvalue weighted by atomic mass is 10.1. The molecule has 1 aliphatic heterocycles. The van der Waals surface area contributed by atoms with Gasteiger partial charge in [-0.15, -0.1) is 10.2 Å². The molecule has 27 heavy (non-hydrogen) atoms. The summed E-state index contributed by atoms with van der Waals surface area (Å²) in [5.41, 5.74) is 3.01. The van der Waals surface area contributed by atoms with Gasteiger partial charge in [0, 0.05) is 29.8 Å². The smallest absolute Gasteiger partial charge is 0.255 e. The van der Waals surface area contributed by atoms with E-state index in [1.54, 1.807) is 0 Å². The number of amides is 1. The first-order chi connectivity index (χ1) is 13.1. The molecule has 0 saturated heterocycles. The molecule has 0 aliphatic carbocycles. The minimum absolute atomic E-state index is 0.268. The lowest BCUT2D eigenvalue weighted by Gasteiger charge is -2.12. The Labute approximate surface area is 157 Å². The summed E-state index contributed by atoms with van der Waals surface area (Å²) in [4.78, 5) is 12.5. The van der Waals surface area contributed by atoms with Crippen molar-refractivity contribution in [2.45, 2.75) is 39.2 Å². The number of benzene rings is 2. The van der Waals surface area contributed by atoms with Crippen LogP contribution in [0, 0.1) is 12.7 Å². The normalized spacial score (nSPS) is 13.7. The van der Waals surface area contributed by atoms with Gasteiger partial charge in [0.15, 0.2) is 5.82 Å². The summed E-state index contributed by atoms with van der Waals surface area (Å²) >= 11 is 0. The van der Waals surface area contributed by atoms with Gasteiger partial charge in [-0.25, -0.2) is 4.39 Å². The average molecular weight is 364 g/mol. The Bertz CT molecular complexity index is 978. The second kappa shape index (κ2) is 7.31. The summed E-state index contributed by atoms with van der Waals surface area (Å²) in [6.07, 6.45) is 4.42. The largest absolute Gasteiger partial charge is 0.322 e. The zero-order valence-electron chi connectivity index (χ0n) is 15.2. The molecule has 5 nitrogen and oxygen atoms in total. The van der Waals surface area contributed by atoms with E-state index in [9.17, 15) is 9.18 Å². The number of hydrogen-bond acceptors (Lipinski definition) is 3. The molecule has 2 aromatic carbocycles. The fraction of sp³-hybridized carbons (Fsp3) is 0.286. The summed E-state index contributed by atoms with van der Waals surface area (Å²) in [7, 11) is 0. The van der Waals surface area contributed by atoms with E-state index < -0.39 is 0 Å². The number of carbonyl (C=O) groups excluding carboxylic acids is 1. The third-order valence-electron chi connectivity index (χ3n) is 4.96. The Kier molecular flexibility index (Phi) is 4.71. The van der Waals surface area contributed by atoms with Crippen molar-refractivity contribution in [2.75, 3.05) is 5.32 Å². The zero-order valence-corrected chi connectivity index (χ0v) is 15.2. The Morgan fingerprint density at radius 3 is 2.70 bits per heavy atom. The van der Waals surface area contributed by atoms with Gasteiger partial charge in [0.1, 0.15) is 11.6 Å². The van der Waals surface area contributed by atoms with Crippen molar-refractivity contribution in [3.63, 3.8) is 0 Å². The van der Waals surface area contributed by atoms with E-state index >= 15 is 0 Å². The van der Waals surface area contributed by atoms with Gasteiger partial charge in [0.2, 0.25) is 0 Å². The van der Waals surface area contributed by atoms with Crippen molar-refractivity contribution in [1.82, 2.24) is 14.8 Å². The van der Waals surface area contributed by atoms with Gasteiger partial charge in [0.05, 0.1) is 0 Å². The van der Waals surface area contributed by atoms with Crippen molar-refractivity contribution < 1.29 is 9.18 Å². The number of rotatable bonds is 3. The molecule has 1 amide bonds. The van der Waals surface area contributed by atoms with Crippen molar-refractivity contribution in [2.24, 2.45) is 0 Å². The molecule has 0 radical (unpaired) electrons. The molecule has 0 unspecified atom stereocenters. The number of carbonyl (C=O) groups is 1. The van der Waals surface area contributed by atoms with Gasteiger partial charge in [-0.05, 0) is 55.7 Å². The van der Waals surface area contributed by atoms with Gasteiger partial charge < -0.3 is 9.88 Å². The predicted molar refractivity (Wildman–Crippen MR) is 102 cm³/mol. The van der Waals surface area contributed by atoms with Crippen LogP contribution in [0.2, 0.25) is 0 Å². The summed E-state index contributed by atoms with van der Waals surface area (Å²) in [6.45, 7) is 2.86. The molecule has 0 atom stereocenters. The van der Waals surface area contributed by atoms with Crippen molar-refractivity contribution in [3.8, 4) is 11.4 Å². The van der Waals surface area contributed by atoms with Crippen LogP contribution < -0.4 is 5.32 Å². The lowest BCUT2D eigenvalue weighted by Crippen LogP contribution is -2.13. The van der Waals surface area contributed by atoms with Crippen LogP contribution in [-0.4, -0.2) is 20.7 Å². The van der Waals surface area contributed by atoms with Crippen LogP contribution in [0.15, 0.2) is 42.5 Å². The molecule has 1 aliphatic rings. The first-order valence-corrected chi connectivity index (χ1v) is 9.22. The van der Waals surface area contributed by atoms with E-state index in [4.69, 9.17) is 0 Å². The Morgan fingerprint density at radius 2 is 1.89 bits per heavy atom. The quantitative estimate of drug-likeness (QED) is 0.751. The van der Waals surface area contributed by atoms with E-state index in [1.165, 1.54) is 30.7 Å². The van der Waals surface area contributed by atoms with E-state index in [0.717, 1.165) is 48.6 Å². The maximum absolute atomic E-state index is 13.1. The van der Waals surface area contributed by atoms with Crippen LogP contribution in [0.1, 0.15) is 41.0 Å². The summed E-state index contributed by atoms with van der Waals surface area (Å²) in [5.74, 6) is 1.23. The van der Waals surface area contributed by atoms with E-state index in [1.807, 2.05) is 25.1 Å². The maximum Gasteiger partial charge on any atom is 0.255 e. The minimum atomic E-state index is -0.364. The fourth-order valence-electron chi connectivity index (χ4n) is 3.39. The predicted octanol–water partition coefficient (Wildman–Crippen LogP) is 4.37. The Hall–Kier alpha value is -3.02. The molecular weight excluding hydrogens is 343 g/mol. The summed E-state index contributed by atoms with van der Waals surface area (Å²) < 4.78 is 15.3. The van der Waals surface area contributed by atoms with Crippen molar-refractivity contribution in [1.29, 1.82) is 0 Å². The average Bonchev–Trinajstić information content (AvgIpc) is 2.92. The van der Waals surface area contributed by atoms with Crippen LogP contribution in [-0.2, 0) is 13.0 Å². The summed E-state index contributed by atoms with van der Waals surface area (Å²) in [5, 5.41) is 11.7. The van der Waals surface area contributed by atoms with Crippen LogP contribution in [0.4, 0.5) is 10.1 Å². The number of halogens is 1. The molecule has 138 valence electrons. The highest BCUT2D eigenvalue weighted by atomic mass is 19.1. The second-order valence-corrected chi connectivity index (χ2v) is 6.89. The van der Waals surface area contributed by atoms with E-state index in [2.05, 4.69) is 20.1 Å². The standard InChI is InChI=1S/C21H21FN4O/c1-14-6-7-16(20-25-24-19-5-3-2-4-12-26(19)20)13-18(14)23-21(27)15-8-10-17(22)11-9-15/h6-11,13H,2-5,12H2,1H3,(H,23,27). The number of aryl methyl sites for hydroxylation is 2. The first kappa shape index (κ1) is 17.4. The molecular formula is C21H21FN4O. The molecule has 4 rings (SSSR count). The van der Waals surface area contributed by atoms with Gasteiger partial charge in [-0.3, -0.25) is 4.79 Å². The molecule has 1 N–H and O–H groups in total. The van der Waals surface area contributed by atoms with Gasteiger partial charge >= 0.3 is 0 Å². The molecule has 3 aromatic rings. The van der Waals surface area contributed by atoms with E-state index in [0.29, 0.717) is 11.3 Å². The third-order valence-corrected chi connectivity index (χ3v) is 4.96. The second-order valence-electron chi connectivity index (χ2n) is 6.89. The molecule has 0 bridgehead atoms. The highest BCUT2D eigenvalue weighted by molar-refractivity contribution is 6.04. The lowest BCUT2D eigenvalue weighted by molar-refractivity contribution is 0.102. The van der Waals surface area contributed by atoms with Crippen molar-refractivity contribution >= 4 is 11.6 Å². The maximum atomic E-state index is 13.1. The van der Waals surface area contributed by atoms with Crippen LogP contribution in [0.3, 0.4) is 0 Å². The van der Waals surface area contributed by atoms with Gasteiger partial charge in [0.25, 0.3) is 5.91 Å². The zero-order chi connectivity index (χ0) is 18.8. The number of aromatic nitrogens is 3. The molecule has 0 fully saturated rings. The minimum Gasteiger partial charge on any atom is -0.322 e. The van der Waals surface area contributed by atoms with Crippen LogP contribution in [0.25, 0.3) is 11.4 Å². The molecule has 0 saturated carbocycles. The van der Waals surface area contributed by atoms with Gasteiger partial charge in [-0.1, -0.05) is 18.6 Å². The van der Waals surface area contributed by atoms with Gasteiger partial charge in [-0.2, -0.15) is 0 Å². The fourth-order valence-corrected chi connectivity index (χ4v) is 3.39. The Morgan fingerprint density at radius 1 is 1.07 bits per heavy atom. The number of hydrogen-bond donors (Lipinski definition) is 1. The topological polar surface area (TPSA) is 59.8 Å². The number of nitrogens with zero attached hydrogens (tertiary/aromatic N) is 3. The third kappa shape index (κ3) is 3.60. The van der Waals surface area contributed by atoms with E-state index in [-0.39, 0.29) is 11.7 Å². The Balaban J connectivity index is 1.63. The highest BCUT2D eigenvalue weighted by Gasteiger charge is 2.17. The molecule has 1 aromatic heterocycles. The SMILES string of the molecule is Cc1ccc(-c2nnc3n2CCCCC3)cc1NC(=O)c1ccc(F)cc1. The number of anilines is 1. The molecule has 0 spiro atoms. The first-order valence-electron chi connectivity index (χ1n) is 9.22. The van der Waals surface area contributed by atoms with Crippen LogP contribution >= 0.6 is 0 Å². The molecule has 2 heterocycles. The highest BCUT2D eigenvalue weighted by Crippen LogP contribution is 2.27. The van der Waals surface area contributed by atoms with Crippen molar-refractivity contribution in [3.05, 3.63) is 65.2 Å². The summed E-state index contributed by atoms with van der Waals surface area (Å²) in [6, 6.07) is 11.4. The number of nitrogens with one attached hydrogen (secondary N) is 1. The molecule has 6 heteroatoms. The van der Waals surface area contributed by atoms with Crippen LogP contribution in [0.5, 0.6) is 0 Å². The monoisotopic (exact) mass is 364 g/mol.